The van der Waals surface area contributed by atoms with Crippen molar-refractivity contribution in [1.29, 1.82) is 0 Å². The van der Waals surface area contributed by atoms with Crippen molar-refractivity contribution in [3.8, 4) is 0 Å². The number of aliphatic hydroxyl groups excluding tert-OH is 2. The summed E-state index contributed by atoms with van der Waals surface area (Å²) in [4.78, 5) is 72.9. The van der Waals surface area contributed by atoms with Crippen molar-refractivity contribution in [2.24, 2.45) is 10.9 Å². The smallest absolute Gasteiger partial charge is 0.414 e. The maximum Gasteiger partial charge on any atom is 0.414 e. The number of nitrogens with zero attached hydrogens (tertiary/aromatic N) is 2. The molecule has 3 aliphatic rings. The summed E-state index contributed by atoms with van der Waals surface area (Å²) < 4.78 is 46.8. The molecule has 1 unspecified atom stereocenters. The number of aliphatic hydroxyl groups is 3. The van der Waals surface area contributed by atoms with Crippen LogP contribution in [0.5, 0.6) is 0 Å². The molecule has 1 saturated carbocycles. The molecule has 2 fully saturated rings. The predicted molar refractivity (Wildman–Crippen MR) is 251 cm³/mol. The van der Waals surface area contributed by atoms with E-state index in [0.717, 1.165) is 4.90 Å². The van der Waals surface area contributed by atoms with Crippen LogP contribution in [0.3, 0.4) is 0 Å². The van der Waals surface area contributed by atoms with E-state index in [2.05, 4.69) is 26.6 Å². The Morgan fingerprint density at radius 3 is 1.67 bits per heavy atom. The molecule has 3 rings (SSSR count). The lowest BCUT2D eigenvalue weighted by Gasteiger charge is -2.51. The van der Waals surface area contributed by atoms with Gasteiger partial charge in [0.1, 0.15) is 57.7 Å². The summed E-state index contributed by atoms with van der Waals surface area (Å²) in [7, 11) is 3.03. The molecule has 0 radical (unpaired) electrons. The topological polar surface area (TPSA) is 296 Å². The summed E-state index contributed by atoms with van der Waals surface area (Å²) in [5, 5.41) is 50.0. The number of likely N-dealkylation sites (N-methyl/N-ethyl adjacent to an activating group) is 2. The molecule has 69 heavy (non-hydrogen) atoms. The average Bonchev–Trinajstić information content (AvgIpc) is 3.10. The number of amides is 5. The van der Waals surface area contributed by atoms with Crippen molar-refractivity contribution < 1.29 is 77.2 Å². The van der Waals surface area contributed by atoms with Crippen LogP contribution in [0.2, 0.25) is 0 Å². The summed E-state index contributed by atoms with van der Waals surface area (Å²) in [6, 6.07) is -4.80. The van der Waals surface area contributed by atoms with Gasteiger partial charge in [-0.25, -0.2) is 29.0 Å². The zero-order chi connectivity index (χ0) is 52.8. The molecule has 396 valence electrons. The van der Waals surface area contributed by atoms with Crippen LogP contribution in [0.4, 0.5) is 24.0 Å². The second-order valence-corrected chi connectivity index (χ2v) is 22.8. The third-order valence-electron chi connectivity index (χ3n) is 10.2. The molecule has 5 amide bonds. The molecule has 23 heteroatoms. The first-order valence-electron chi connectivity index (χ1n) is 23.2. The van der Waals surface area contributed by atoms with Crippen molar-refractivity contribution >= 4 is 36.4 Å². The molecular weight excluding hydrogens is 907 g/mol. The fourth-order valence-corrected chi connectivity index (χ4v) is 7.89. The highest BCUT2D eigenvalue weighted by molar-refractivity contribution is 6.01. The summed E-state index contributed by atoms with van der Waals surface area (Å²) >= 11 is 0. The maximum absolute atomic E-state index is 13.7. The molecule has 0 spiro atoms. The van der Waals surface area contributed by atoms with Crippen molar-refractivity contribution in [3.63, 3.8) is 0 Å². The van der Waals surface area contributed by atoms with Gasteiger partial charge in [0, 0.05) is 19.0 Å². The van der Waals surface area contributed by atoms with E-state index in [4.69, 9.17) is 42.9 Å². The summed E-state index contributed by atoms with van der Waals surface area (Å²) in [5.41, 5.74) is -6.63. The number of guanidine groups is 1. The first-order valence-corrected chi connectivity index (χ1v) is 23.2. The van der Waals surface area contributed by atoms with Gasteiger partial charge in [0.25, 0.3) is 0 Å². The Morgan fingerprint density at radius 2 is 1.20 bits per heavy atom. The second-order valence-electron chi connectivity index (χ2n) is 22.8. The maximum atomic E-state index is 13.7. The SMILES string of the molecule is CNCC1=CC[C@@H](N=C(NC(=O)OC(C)(C)C)NC(=O)OC(C)(C)C)C([C@H]2[C@H](O)[C@@H](O[C@H]3OC[C@](C)(O)[C@H](N(C)C(=O)OC(C)(C)C)[C@H]3O)[C@H](NC(=O)OC(C)(C)C)C[C@@H]2NC(=O)OC(C)(C)C)O1. The highest BCUT2D eigenvalue weighted by Crippen LogP contribution is 2.39. The number of rotatable bonds is 9. The fourth-order valence-electron chi connectivity index (χ4n) is 7.89. The first kappa shape index (κ1) is 58.6. The molecule has 11 atom stereocenters. The van der Waals surface area contributed by atoms with Gasteiger partial charge in [-0.15, -0.1) is 0 Å². The Kier molecular flexibility index (Phi) is 19.2. The number of carbonyl (C=O) groups excluding carboxylic acids is 5. The van der Waals surface area contributed by atoms with Gasteiger partial charge in [0.05, 0.1) is 37.4 Å². The molecule has 1 saturated heterocycles. The van der Waals surface area contributed by atoms with Crippen LogP contribution in [0.1, 0.15) is 124 Å². The normalized spacial score (nSPS) is 28.9. The number of hydrogen-bond acceptors (Lipinski definition) is 18. The summed E-state index contributed by atoms with van der Waals surface area (Å²) in [5.74, 6) is -1.23. The second kappa shape index (κ2) is 22.6. The molecule has 1 aliphatic carbocycles. The Hall–Kier alpha value is -4.68. The fraction of sp³-hybridized carbons (Fsp3) is 0.826. The van der Waals surface area contributed by atoms with Crippen LogP contribution in [-0.2, 0) is 37.9 Å². The standard InChI is InChI=1S/C46H81N7O16/c1-41(2,3)65-36(56)49-26-21-27(50-37(57)66-42(4,5)6)32(64-34-30(55)33(46(16,61)23-62-34)53(18)40(60)69-45(13,14)15)29(54)28(26)31-25(20-19-24(63-31)22-47-17)48-35(51-38(58)67-43(7,8)9)52-39(59)68-44(10,11)12/h19,25-34,47,54-55,61H,20-23H2,1-18H3,(H,49,56)(H,50,57)(H2,48,51,52,58,59)/t25-,26+,27-,28-,29+,30-,31?,32+,33-,34-,46+/m1/s1. The van der Waals surface area contributed by atoms with Crippen molar-refractivity contribution in [2.45, 2.75) is 212 Å². The molecule has 8 N–H and O–H groups in total. The minimum Gasteiger partial charge on any atom is -0.491 e. The Bertz CT molecular complexity index is 1830. The van der Waals surface area contributed by atoms with E-state index in [-0.39, 0.29) is 19.4 Å². The average molecular weight is 988 g/mol. The first-order chi connectivity index (χ1) is 31.3. The van der Waals surface area contributed by atoms with Crippen LogP contribution < -0.4 is 26.6 Å². The lowest BCUT2D eigenvalue weighted by Crippen LogP contribution is -2.70. The van der Waals surface area contributed by atoms with Gasteiger partial charge >= 0.3 is 30.5 Å². The molecule has 2 aliphatic heterocycles. The molecule has 0 aromatic carbocycles. The summed E-state index contributed by atoms with van der Waals surface area (Å²) in [6.07, 6.45) is -11.0. The van der Waals surface area contributed by atoms with Crippen LogP contribution in [0, 0.1) is 5.92 Å². The minimum atomic E-state index is -1.84. The van der Waals surface area contributed by atoms with E-state index < -0.39 is 137 Å². The zero-order valence-corrected chi connectivity index (χ0v) is 43.7. The van der Waals surface area contributed by atoms with Crippen LogP contribution >= 0.6 is 0 Å². The quantitative estimate of drug-likeness (QED) is 0.0923. The van der Waals surface area contributed by atoms with E-state index in [1.807, 2.05) is 0 Å². The monoisotopic (exact) mass is 988 g/mol. The molecule has 0 aromatic rings. The molecule has 2 heterocycles. The minimum absolute atomic E-state index is 0.0862. The zero-order valence-electron chi connectivity index (χ0n) is 43.7. The largest absolute Gasteiger partial charge is 0.491 e. The van der Waals surface area contributed by atoms with Crippen molar-refractivity contribution in [1.82, 2.24) is 31.5 Å². The number of hydrogen-bond donors (Lipinski definition) is 8. The van der Waals surface area contributed by atoms with E-state index in [1.54, 1.807) is 117 Å². The molecule has 0 bridgehead atoms. The van der Waals surface area contributed by atoms with E-state index in [0.29, 0.717) is 5.76 Å². The van der Waals surface area contributed by atoms with E-state index in [9.17, 15) is 39.3 Å². The lowest BCUT2D eigenvalue weighted by molar-refractivity contribution is -0.305. The van der Waals surface area contributed by atoms with Gasteiger partial charge in [-0.3, -0.25) is 10.6 Å². The van der Waals surface area contributed by atoms with Crippen LogP contribution in [0.25, 0.3) is 0 Å². The molecular formula is C46H81N7O16. The Morgan fingerprint density at radius 1 is 0.739 bits per heavy atom. The number of alkyl carbamates (subject to hydrolysis) is 4. The number of nitrogens with one attached hydrogen (secondary N) is 5. The third-order valence-corrected chi connectivity index (χ3v) is 10.2. The predicted octanol–water partition coefficient (Wildman–Crippen LogP) is 3.91. The number of ether oxygens (including phenoxy) is 8. The lowest BCUT2D eigenvalue weighted by atomic mass is 9.72. The number of aliphatic imine (C=N–C) groups is 1. The highest BCUT2D eigenvalue weighted by Gasteiger charge is 2.56. The van der Waals surface area contributed by atoms with Crippen LogP contribution in [-0.4, -0.2) is 172 Å². The van der Waals surface area contributed by atoms with Crippen molar-refractivity contribution in [2.75, 3.05) is 27.2 Å². The Labute approximate surface area is 406 Å². The van der Waals surface area contributed by atoms with Gasteiger partial charge in [-0.1, -0.05) is 0 Å². The van der Waals surface area contributed by atoms with Gasteiger partial charge in [0.15, 0.2) is 6.29 Å². The van der Waals surface area contributed by atoms with E-state index in [1.165, 1.54) is 14.0 Å². The van der Waals surface area contributed by atoms with E-state index >= 15 is 0 Å². The third kappa shape index (κ3) is 18.9. The summed E-state index contributed by atoms with van der Waals surface area (Å²) in [6.45, 7) is 25.9. The van der Waals surface area contributed by atoms with Crippen molar-refractivity contribution in [3.05, 3.63) is 11.8 Å². The van der Waals surface area contributed by atoms with Gasteiger partial charge in [-0.2, -0.15) is 0 Å². The van der Waals surface area contributed by atoms with Crippen LogP contribution in [0.15, 0.2) is 16.8 Å². The number of carbonyl (C=O) groups is 5. The highest BCUT2D eigenvalue weighted by atomic mass is 16.7. The molecule has 23 nitrogen and oxygen atoms in total. The van der Waals surface area contributed by atoms with Gasteiger partial charge in [-0.05, 0) is 137 Å². The molecule has 0 aromatic heterocycles. The van der Waals surface area contributed by atoms with Gasteiger partial charge < -0.3 is 74.1 Å². The Balaban J connectivity index is 2.28. The van der Waals surface area contributed by atoms with Gasteiger partial charge in [0.2, 0.25) is 5.96 Å².